The Bertz CT molecular complexity index is 784. The van der Waals surface area contributed by atoms with Gasteiger partial charge in [0.25, 0.3) is 0 Å². The summed E-state index contributed by atoms with van der Waals surface area (Å²) in [6, 6.07) is 27.7. The SMILES string of the molecule is O=C(CSC(c1ccccc1)c1ccccc1)Nc1cccc(Cl)c1. The summed E-state index contributed by atoms with van der Waals surface area (Å²) in [5.74, 6) is 0.324. The van der Waals surface area contributed by atoms with Crippen molar-refractivity contribution in [2.45, 2.75) is 5.25 Å². The molecular weight excluding hydrogens is 350 g/mol. The minimum absolute atomic E-state index is 0.0378. The molecule has 1 N–H and O–H groups in total. The van der Waals surface area contributed by atoms with E-state index in [0.29, 0.717) is 16.5 Å². The summed E-state index contributed by atoms with van der Waals surface area (Å²) in [5.41, 5.74) is 3.09. The Morgan fingerprint density at radius 2 is 1.48 bits per heavy atom. The lowest BCUT2D eigenvalue weighted by Crippen LogP contribution is -2.15. The van der Waals surface area contributed by atoms with Crippen molar-refractivity contribution >= 4 is 35.0 Å². The van der Waals surface area contributed by atoms with Gasteiger partial charge in [-0.05, 0) is 29.3 Å². The molecule has 0 aliphatic heterocycles. The zero-order valence-electron chi connectivity index (χ0n) is 13.6. The van der Waals surface area contributed by atoms with Gasteiger partial charge in [-0.1, -0.05) is 78.3 Å². The maximum atomic E-state index is 12.3. The number of thioether (sulfide) groups is 1. The molecule has 0 atom stereocenters. The van der Waals surface area contributed by atoms with E-state index < -0.39 is 0 Å². The molecule has 0 radical (unpaired) electrons. The standard InChI is InChI=1S/C21H18ClNOS/c22-18-12-7-13-19(14-18)23-20(24)15-25-21(16-8-3-1-4-9-16)17-10-5-2-6-11-17/h1-14,21H,15H2,(H,23,24). The van der Waals surface area contributed by atoms with Gasteiger partial charge >= 0.3 is 0 Å². The lowest BCUT2D eigenvalue weighted by molar-refractivity contribution is -0.113. The van der Waals surface area contributed by atoms with Crippen LogP contribution in [0.1, 0.15) is 16.4 Å². The van der Waals surface area contributed by atoms with Crippen LogP contribution in [0.4, 0.5) is 5.69 Å². The van der Waals surface area contributed by atoms with Crippen LogP contribution >= 0.6 is 23.4 Å². The fraction of sp³-hybridized carbons (Fsp3) is 0.0952. The molecule has 0 saturated carbocycles. The number of carbonyl (C=O) groups excluding carboxylic acids is 1. The predicted molar refractivity (Wildman–Crippen MR) is 107 cm³/mol. The second-order valence-electron chi connectivity index (χ2n) is 5.57. The Kier molecular flexibility index (Phi) is 6.15. The summed E-state index contributed by atoms with van der Waals surface area (Å²) in [6.07, 6.45) is 0. The van der Waals surface area contributed by atoms with Crippen molar-refractivity contribution in [3.8, 4) is 0 Å². The number of amides is 1. The number of rotatable bonds is 6. The third-order valence-electron chi connectivity index (χ3n) is 3.69. The first-order chi connectivity index (χ1) is 12.2. The molecule has 0 spiro atoms. The maximum absolute atomic E-state index is 12.3. The highest BCUT2D eigenvalue weighted by Crippen LogP contribution is 2.35. The van der Waals surface area contributed by atoms with Crippen LogP contribution in [-0.2, 0) is 4.79 Å². The Morgan fingerprint density at radius 1 is 0.880 bits per heavy atom. The fourth-order valence-electron chi connectivity index (χ4n) is 2.56. The summed E-state index contributed by atoms with van der Waals surface area (Å²) in [4.78, 5) is 12.3. The molecule has 1 amide bonds. The zero-order chi connectivity index (χ0) is 17.5. The van der Waals surface area contributed by atoms with Crippen molar-refractivity contribution in [2.24, 2.45) is 0 Å². The molecule has 3 aromatic rings. The van der Waals surface area contributed by atoms with E-state index in [1.165, 1.54) is 11.1 Å². The number of nitrogens with one attached hydrogen (secondary N) is 1. The van der Waals surface area contributed by atoms with Gasteiger partial charge in [0.2, 0.25) is 5.91 Å². The molecule has 25 heavy (non-hydrogen) atoms. The lowest BCUT2D eigenvalue weighted by atomic mass is 10.0. The normalized spacial score (nSPS) is 10.6. The molecule has 126 valence electrons. The number of benzene rings is 3. The molecule has 3 aromatic carbocycles. The Labute approximate surface area is 157 Å². The van der Waals surface area contributed by atoms with Crippen LogP contribution in [-0.4, -0.2) is 11.7 Å². The van der Waals surface area contributed by atoms with E-state index in [9.17, 15) is 4.79 Å². The number of halogens is 1. The van der Waals surface area contributed by atoms with Crippen molar-refractivity contribution in [1.29, 1.82) is 0 Å². The molecule has 4 heteroatoms. The highest BCUT2D eigenvalue weighted by Gasteiger charge is 2.16. The van der Waals surface area contributed by atoms with Crippen molar-refractivity contribution in [2.75, 3.05) is 11.1 Å². The van der Waals surface area contributed by atoms with Crippen LogP contribution in [0.25, 0.3) is 0 Å². The highest BCUT2D eigenvalue weighted by atomic mass is 35.5. The quantitative estimate of drug-likeness (QED) is 0.596. The molecule has 0 fully saturated rings. The van der Waals surface area contributed by atoms with Gasteiger partial charge < -0.3 is 5.32 Å². The monoisotopic (exact) mass is 367 g/mol. The third kappa shape index (κ3) is 5.12. The second kappa shape index (κ2) is 8.75. The molecule has 0 aromatic heterocycles. The van der Waals surface area contributed by atoms with E-state index in [4.69, 9.17) is 11.6 Å². The molecule has 0 heterocycles. The van der Waals surface area contributed by atoms with E-state index in [0.717, 1.165) is 0 Å². The summed E-state index contributed by atoms with van der Waals surface area (Å²) in [6.45, 7) is 0. The second-order valence-corrected chi connectivity index (χ2v) is 7.10. The predicted octanol–water partition coefficient (Wildman–Crippen LogP) is 5.80. The van der Waals surface area contributed by atoms with E-state index in [1.807, 2.05) is 48.5 Å². The Hall–Kier alpha value is -2.23. The van der Waals surface area contributed by atoms with Crippen LogP contribution in [0.3, 0.4) is 0 Å². The smallest absolute Gasteiger partial charge is 0.234 e. The van der Waals surface area contributed by atoms with E-state index in [1.54, 1.807) is 23.9 Å². The van der Waals surface area contributed by atoms with E-state index in [-0.39, 0.29) is 11.2 Å². The van der Waals surface area contributed by atoms with Gasteiger partial charge in [-0.15, -0.1) is 11.8 Å². The highest BCUT2D eigenvalue weighted by molar-refractivity contribution is 8.00. The van der Waals surface area contributed by atoms with Crippen LogP contribution in [0.5, 0.6) is 0 Å². The molecular formula is C21H18ClNOS. The topological polar surface area (TPSA) is 29.1 Å². The number of carbonyl (C=O) groups is 1. The average molecular weight is 368 g/mol. The molecule has 2 nitrogen and oxygen atoms in total. The first-order valence-electron chi connectivity index (χ1n) is 7.99. The van der Waals surface area contributed by atoms with Gasteiger partial charge in [-0.25, -0.2) is 0 Å². The minimum atomic E-state index is -0.0378. The molecule has 0 bridgehead atoms. The van der Waals surface area contributed by atoms with Gasteiger partial charge in [0.05, 0.1) is 11.0 Å². The largest absolute Gasteiger partial charge is 0.325 e. The molecule has 0 aliphatic carbocycles. The number of anilines is 1. The number of hydrogen-bond donors (Lipinski definition) is 1. The first-order valence-corrected chi connectivity index (χ1v) is 9.42. The van der Waals surface area contributed by atoms with E-state index in [2.05, 4.69) is 29.6 Å². The maximum Gasteiger partial charge on any atom is 0.234 e. The Morgan fingerprint density at radius 3 is 2.04 bits per heavy atom. The summed E-state index contributed by atoms with van der Waals surface area (Å²) in [7, 11) is 0. The van der Waals surface area contributed by atoms with Crippen molar-refractivity contribution < 1.29 is 4.79 Å². The van der Waals surface area contributed by atoms with E-state index >= 15 is 0 Å². The molecule has 0 unspecified atom stereocenters. The minimum Gasteiger partial charge on any atom is -0.325 e. The van der Waals surface area contributed by atoms with Crippen molar-refractivity contribution in [3.63, 3.8) is 0 Å². The third-order valence-corrected chi connectivity index (χ3v) is 5.24. The fourth-order valence-corrected chi connectivity index (χ4v) is 3.84. The van der Waals surface area contributed by atoms with Gasteiger partial charge in [0.1, 0.15) is 0 Å². The van der Waals surface area contributed by atoms with Crippen LogP contribution in [0.15, 0.2) is 84.9 Å². The summed E-state index contributed by atoms with van der Waals surface area (Å²) < 4.78 is 0. The van der Waals surface area contributed by atoms with Crippen LogP contribution in [0, 0.1) is 0 Å². The van der Waals surface area contributed by atoms with Gasteiger partial charge in [-0.3, -0.25) is 4.79 Å². The van der Waals surface area contributed by atoms with Crippen LogP contribution in [0.2, 0.25) is 5.02 Å². The molecule has 3 rings (SSSR count). The van der Waals surface area contributed by atoms with Crippen LogP contribution < -0.4 is 5.32 Å². The van der Waals surface area contributed by atoms with Crippen molar-refractivity contribution in [1.82, 2.24) is 0 Å². The summed E-state index contributed by atoms with van der Waals surface area (Å²) in [5, 5.41) is 3.62. The van der Waals surface area contributed by atoms with Gasteiger partial charge in [0.15, 0.2) is 0 Å². The Balaban J connectivity index is 1.70. The van der Waals surface area contributed by atoms with Gasteiger partial charge in [0, 0.05) is 10.7 Å². The average Bonchev–Trinajstić information content (AvgIpc) is 2.64. The first kappa shape index (κ1) is 17.6. The molecule has 0 aliphatic rings. The number of hydrogen-bond acceptors (Lipinski definition) is 2. The van der Waals surface area contributed by atoms with Crippen molar-refractivity contribution in [3.05, 3.63) is 101 Å². The molecule has 0 saturated heterocycles. The zero-order valence-corrected chi connectivity index (χ0v) is 15.1. The van der Waals surface area contributed by atoms with Gasteiger partial charge in [-0.2, -0.15) is 0 Å². The lowest BCUT2D eigenvalue weighted by Gasteiger charge is -2.17. The summed E-state index contributed by atoms with van der Waals surface area (Å²) >= 11 is 7.57.